The summed E-state index contributed by atoms with van der Waals surface area (Å²) >= 11 is 0. The van der Waals surface area contributed by atoms with Crippen molar-refractivity contribution < 1.29 is 9.53 Å². The smallest absolute Gasteiger partial charge is 0.213 e. The Bertz CT molecular complexity index is 310. The minimum atomic E-state index is -0.493. The van der Waals surface area contributed by atoms with Gasteiger partial charge in [-0.05, 0) is 13.0 Å². The third-order valence-electron chi connectivity index (χ3n) is 1.64. The van der Waals surface area contributed by atoms with Crippen LogP contribution < -0.4 is 10.5 Å². The van der Waals surface area contributed by atoms with E-state index in [1.807, 2.05) is 0 Å². The number of ketones is 1. The van der Waals surface area contributed by atoms with Gasteiger partial charge >= 0.3 is 0 Å². The Morgan fingerprint density at radius 3 is 2.92 bits per heavy atom. The highest BCUT2D eigenvalue weighted by atomic mass is 16.5. The molecule has 1 atom stereocenters. The summed E-state index contributed by atoms with van der Waals surface area (Å²) in [7, 11) is 1.50. The molecular weight excluding hydrogens is 168 g/mol. The van der Waals surface area contributed by atoms with Crippen molar-refractivity contribution in [3.63, 3.8) is 0 Å². The van der Waals surface area contributed by atoms with Gasteiger partial charge in [-0.1, -0.05) is 0 Å². The number of ether oxygens (including phenoxy) is 1. The van der Waals surface area contributed by atoms with Gasteiger partial charge in [-0.15, -0.1) is 0 Å². The Kier molecular flexibility index (Phi) is 2.97. The lowest BCUT2D eigenvalue weighted by Crippen LogP contribution is -2.26. The molecule has 1 heterocycles. The molecule has 0 radical (unpaired) electrons. The Balaban J connectivity index is 2.95. The second-order valence-electron chi connectivity index (χ2n) is 2.74. The molecule has 4 nitrogen and oxygen atoms in total. The maximum atomic E-state index is 11.4. The topological polar surface area (TPSA) is 65.2 Å². The quantitative estimate of drug-likeness (QED) is 0.692. The van der Waals surface area contributed by atoms with Crippen LogP contribution in [-0.4, -0.2) is 23.9 Å². The van der Waals surface area contributed by atoms with Gasteiger partial charge in [0.2, 0.25) is 5.88 Å². The fourth-order valence-electron chi connectivity index (χ4n) is 0.937. The zero-order valence-corrected chi connectivity index (χ0v) is 7.65. The molecule has 0 bridgehead atoms. The number of rotatable bonds is 3. The van der Waals surface area contributed by atoms with E-state index < -0.39 is 6.04 Å². The Labute approximate surface area is 76.7 Å². The first-order valence-electron chi connectivity index (χ1n) is 3.95. The molecule has 70 valence electrons. The van der Waals surface area contributed by atoms with Crippen LogP contribution >= 0.6 is 0 Å². The summed E-state index contributed by atoms with van der Waals surface area (Å²) in [6, 6.07) is 2.70. The fraction of sp³-hybridized carbons (Fsp3) is 0.333. The van der Waals surface area contributed by atoms with Crippen LogP contribution in [0.3, 0.4) is 0 Å². The molecule has 1 aromatic heterocycles. The molecular formula is C9H12N2O2. The van der Waals surface area contributed by atoms with Crippen LogP contribution in [0.5, 0.6) is 5.88 Å². The number of nitrogens with zero attached hydrogens (tertiary/aromatic N) is 1. The first-order valence-corrected chi connectivity index (χ1v) is 3.95. The highest BCUT2D eigenvalue weighted by Gasteiger charge is 2.11. The van der Waals surface area contributed by atoms with Gasteiger partial charge in [0.25, 0.3) is 0 Å². The molecule has 0 saturated heterocycles. The summed E-state index contributed by atoms with van der Waals surface area (Å²) < 4.78 is 4.88. The molecule has 13 heavy (non-hydrogen) atoms. The molecule has 1 rings (SSSR count). The van der Waals surface area contributed by atoms with Crippen LogP contribution in [0.25, 0.3) is 0 Å². The molecule has 0 spiro atoms. The molecule has 4 heteroatoms. The minimum Gasteiger partial charge on any atom is -0.481 e. The highest BCUT2D eigenvalue weighted by molar-refractivity contribution is 5.99. The van der Waals surface area contributed by atoms with Crippen molar-refractivity contribution in [3.8, 4) is 5.88 Å². The summed E-state index contributed by atoms with van der Waals surface area (Å²) in [6.07, 6.45) is 1.52. The van der Waals surface area contributed by atoms with Gasteiger partial charge in [0, 0.05) is 17.8 Å². The number of Topliss-reactive ketones (excluding diaryl/α,β-unsaturated/α-hetero) is 1. The Morgan fingerprint density at radius 2 is 2.38 bits per heavy atom. The third-order valence-corrected chi connectivity index (χ3v) is 1.64. The van der Waals surface area contributed by atoms with E-state index in [1.54, 1.807) is 19.1 Å². The Hall–Kier alpha value is -1.42. The lowest BCUT2D eigenvalue weighted by atomic mass is 10.1. The molecule has 1 unspecified atom stereocenters. The molecule has 0 aromatic carbocycles. The molecule has 0 aliphatic heterocycles. The van der Waals surface area contributed by atoms with Gasteiger partial charge < -0.3 is 10.5 Å². The normalized spacial score (nSPS) is 12.2. The van der Waals surface area contributed by atoms with E-state index in [2.05, 4.69) is 4.98 Å². The predicted molar refractivity (Wildman–Crippen MR) is 48.8 cm³/mol. The van der Waals surface area contributed by atoms with Crippen molar-refractivity contribution in [1.82, 2.24) is 4.98 Å². The van der Waals surface area contributed by atoms with Crippen LogP contribution in [0.15, 0.2) is 18.3 Å². The number of hydrogen-bond donors (Lipinski definition) is 1. The van der Waals surface area contributed by atoms with E-state index in [9.17, 15) is 4.79 Å². The van der Waals surface area contributed by atoms with Crippen LogP contribution in [0.4, 0.5) is 0 Å². The van der Waals surface area contributed by atoms with Crippen molar-refractivity contribution in [2.45, 2.75) is 13.0 Å². The van der Waals surface area contributed by atoms with E-state index in [4.69, 9.17) is 10.5 Å². The second-order valence-corrected chi connectivity index (χ2v) is 2.74. The predicted octanol–water partition coefficient (Wildman–Crippen LogP) is 0.620. The van der Waals surface area contributed by atoms with Gasteiger partial charge in [-0.25, -0.2) is 4.98 Å². The molecule has 0 fully saturated rings. The standard InChI is InChI=1S/C9H12N2O2/c1-6(10)9(12)7-3-4-11-8(5-7)13-2/h3-6H,10H2,1-2H3. The average Bonchev–Trinajstić information content (AvgIpc) is 2.16. The van der Waals surface area contributed by atoms with E-state index in [1.165, 1.54) is 13.3 Å². The molecule has 0 amide bonds. The number of methoxy groups -OCH3 is 1. The average molecular weight is 180 g/mol. The lowest BCUT2D eigenvalue weighted by Gasteiger charge is -2.04. The maximum Gasteiger partial charge on any atom is 0.213 e. The van der Waals surface area contributed by atoms with E-state index in [-0.39, 0.29) is 5.78 Å². The van der Waals surface area contributed by atoms with Crippen LogP contribution in [-0.2, 0) is 0 Å². The first-order chi connectivity index (χ1) is 6.15. The summed E-state index contributed by atoms with van der Waals surface area (Å²) in [5, 5.41) is 0. The van der Waals surface area contributed by atoms with Gasteiger partial charge in [-0.3, -0.25) is 4.79 Å². The summed E-state index contributed by atoms with van der Waals surface area (Å²) in [5.41, 5.74) is 5.98. The largest absolute Gasteiger partial charge is 0.481 e. The Morgan fingerprint density at radius 1 is 1.69 bits per heavy atom. The van der Waals surface area contributed by atoms with Gasteiger partial charge in [0.05, 0.1) is 13.2 Å². The third kappa shape index (κ3) is 2.26. The minimum absolute atomic E-state index is 0.110. The molecule has 2 N–H and O–H groups in total. The summed E-state index contributed by atoms with van der Waals surface area (Å²) in [5.74, 6) is 0.312. The summed E-state index contributed by atoms with van der Waals surface area (Å²) in [4.78, 5) is 15.3. The molecule has 0 saturated carbocycles. The number of pyridine rings is 1. The zero-order chi connectivity index (χ0) is 9.84. The van der Waals surface area contributed by atoms with Crippen molar-refractivity contribution in [2.75, 3.05) is 7.11 Å². The van der Waals surface area contributed by atoms with Crippen LogP contribution in [0.1, 0.15) is 17.3 Å². The van der Waals surface area contributed by atoms with Gasteiger partial charge in [-0.2, -0.15) is 0 Å². The number of carbonyl (C=O) groups is 1. The maximum absolute atomic E-state index is 11.4. The lowest BCUT2D eigenvalue weighted by molar-refractivity contribution is 0.0967. The van der Waals surface area contributed by atoms with Gasteiger partial charge in [0.1, 0.15) is 0 Å². The van der Waals surface area contributed by atoms with Crippen LogP contribution in [0.2, 0.25) is 0 Å². The van der Waals surface area contributed by atoms with Crippen molar-refractivity contribution in [2.24, 2.45) is 5.73 Å². The first kappa shape index (κ1) is 9.67. The van der Waals surface area contributed by atoms with Crippen LogP contribution in [0, 0.1) is 0 Å². The van der Waals surface area contributed by atoms with Crippen molar-refractivity contribution in [3.05, 3.63) is 23.9 Å². The number of carbonyl (C=O) groups excluding carboxylic acids is 1. The number of hydrogen-bond acceptors (Lipinski definition) is 4. The monoisotopic (exact) mass is 180 g/mol. The van der Waals surface area contributed by atoms with E-state index in [0.717, 1.165) is 0 Å². The number of aromatic nitrogens is 1. The van der Waals surface area contributed by atoms with Gasteiger partial charge in [0.15, 0.2) is 5.78 Å². The van der Waals surface area contributed by atoms with Crippen molar-refractivity contribution >= 4 is 5.78 Å². The highest BCUT2D eigenvalue weighted by Crippen LogP contribution is 2.09. The van der Waals surface area contributed by atoms with E-state index in [0.29, 0.717) is 11.4 Å². The molecule has 0 aliphatic carbocycles. The van der Waals surface area contributed by atoms with E-state index >= 15 is 0 Å². The second kappa shape index (κ2) is 4.00. The SMILES string of the molecule is COc1cc(C(=O)C(C)N)ccn1. The number of nitrogens with two attached hydrogens (primary N) is 1. The summed E-state index contributed by atoms with van der Waals surface area (Å²) in [6.45, 7) is 1.65. The van der Waals surface area contributed by atoms with Crippen molar-refractivity contribution in [1.29, 1.82) is 0 Å². The zero-order valence-electron chi connectivity index (χ0n) is 7.65. The molecule has 0 aliphatic rings. The fourth-order valence-corrected chi connectivity index (χ4v) is 0.937. The molecule has 1 aromatic rings.